The van der Waals surface area contributed by atoms with Crippen LogP contribution in [-0.4, -0.2) is 29.7 Å². The largest absolute Gasteiger partial charge is 0.372 e. The number of aromatic nitrogens is 1. The van der Waals surface area contributed by atoms with E-state index in [1.807, 2.05) is 12.1 Å². The summed E-state index contributed by atoms with van der Waals surface area (Å²) in [6.45, 7) is 6.42. The molecule has 3 aromatic rings. The fourth-order valence-electron chi connectivity index (χ4n) is 3.85. The molecule has 1 amide bonds. The maximum atomic E-state index is 12.4. The summed E-state index contributed by atoms with van der Waals surface area (Å²) in [6.07, 6.45) is 3.85. The Morgan fingerprint density at radius 2 is 1.79 bits per heavy atom. The van der Waals surface area contributed by atoms with Crippen LogP contribution in [0.1, 0.15) is 30.4 Å². The highest BCUT2D eigenvalue weighted by Gasteiger charge is 2.12. The molecular weight excluding hydrogens is 378 g/mol. The molecule has 1 N–H and O–H groups in total. The zero-order valence-electron chi connectivity index (χ0n) is 17.1. The van der Waals surface area contributed by atoms with Gasteiger partial charge in [-0.2, -0.15) is 0 Å². The highest BCUT2D eigenvalue weighted by atomic mass is 32.2. The number of nitrogens with zero attached hydrogens (tertiary/aromatic N) is 2. The highest BCUT2D eigenvalue weighted by Crippen LogP contribution is 2.26. The lowest BCUT2D eigenvalue weighted by Gasteiger charge is -2.28. The third-order valence-electron chi connectivity index (χ3n) is 5.45. The van der Waals surface area contributed by atoms with Gasteiger partial charge in [0.25, 0.3) is 0 Å². The average molecular weight is 406 g/mol. The quantitative estimate of drug-likeness (QED) is 0.564. The Labute approximate surface area is 176 Å². The van der Waals surface area contributed by atoms with Gasteiger partial charge in [0, 0.05) is 29.9 Å². The molecule has 1 aliphatic heterocycles. The normalized spacial score (nSPS) is 14.2. The smallest absolute Gasteiger partial charge is 0.234 e. The van der Waals surface area contributed by atoms with E-state index in [0.717, 1.165) is 34.9 Å². The van der Waals surface area contributed by atoms with Crippen molar-refractivity contribution in [3.05, 3.63) is 59.7 Å². The molecule has 2 aromatic carbocycles. The van der Waals surface area contributed by atoms with Crippen LogP contribution >= 0.6 is 11.8 Å². The van der Waals surface area contributed by atoms with Gasteiger partial charge in [-0.1, -0.05) is 30.0 Å². The molecule has 0 aliphatic carbocycles. The molecule has 1 fully saturated rings. The van der Waals surface area contributed by atoms with E-state index in [-0.39, 0.29) is 5.91 Å². The van der Waals surface area contributed by atoms with Crippen LogP contribution in [0.15, 0.2) is 53.6 Å². The van der Waals surface area contributed by atoms with E-state index in [0.29, 0.717) is 5.75 Å². The van der Waals surface area contributed by atoms with Crippen LogP contribution in [0.25, 0.3) is 10.9 Å². The van der Waals surface area contributed by atoms with Crippen molar-refractivity contribution in [2.75, 3.05) is 29.1 Å². The SMILES string of the molecule is Cc1cc(SCC(=O)Nc2ccc(N3CCCCC3)cc2)nc2c(C)cccc12. The van der Waals surface area contributed by atoms with E-state index in [1.54, 1.807) is 0 Å². The first-order valence-electron chi connectivity index (χ1n) is 10.2. The van der Waals surface area contributed by atoms with Crippen molar-refractivity contribution in [2.45, 2.75) is 38.1 Å². The second-order valence-corrected chi connectivity index (χ2v) is 8.68. The number of hydrogen-bond acceptors (Lipinski definition) is 4. The predicted octanol–water partition coefficient (Wildman–Crippen LogP) is 5.57. The molecule has 0 atom stereocenters. The summed E-state index contributed by atoms with van der Waals surface area (Å²) in [4.78, 5) is 19.6. The number of fused-ring (bicyclic) bond motifs is 1. The molecule has 1 aliphatic rings. The highest BCUT2D eigenvalue weighted by molar-refractivity contribution is 7.99. The monoisotopic (exact) mass is 405 g/mol. The summed E-state index contributed by atoms with van der Waals surface area (Å²) in [5, 5.41) is 5.06. The van der Waals surface area contributed by atoms with Gasteiger partial charge in [0.15, 0.2) is 0 Å². The summed E-state index contributed by atoms with van der Waals surface area (Å²) >= 11 is 1.48. The zero-order chi connectivity index (χ0) is 20.2. The van der Waals surface area contributed by atoms with E-state index < -0.39 is 0 Å². The van der Waals surface area contributed by atoms with Gasteiger partial charge < -0.3 is 10.2 Å². The van der Waals surface area contributed by atoms with Crippen molar-refractivity contribution < 1.29 is 4.79 Å². The van der Waals surface area contributed by atoms with Crippen LogP contribution in [0.3, 0.4) is 0 Å². The Morgan fingerprint density at radius 3 is 2.55 bits per heavy atom. The lowest BCUT2D eigenvalue weighted by Crippen LogP contribution is -2.29. The molecule has 0 saturated carbocycles. The summed E-state index contributed by atoms with van der Waals surface area (Å²) in [5.74, 6) is 0.336. The fourth-order valence-corrected chi connectivity index (χ4v) is 4.62. The number of hydrogen-bond donors (Lipinski definition) is 1. The van der Waals surface area contributed by atoms with Crippen molar-refractivity contribution in [3.8, 4) is 0 Å². The maximum absolute atomic E-state index is 12.4. The van der Waals surface area contributed by atoms with Gasteiger partial charge in [0.1, 0.15) is 0 Å². The van der Waals surface area contributed by atoms with E-state index in [1.165, 1.54) is 47.7 Å². The molecule has 0 spiro atoms. The summed E-state index contributed by atoms with van der Waals surface area (Å²) in [6, 6.07) is 16.5. The molecule has 4 nitrogen and oxygen atoms in total. The first-order valence-corrected chi connectivity index (χ1v) is 11.2. The van der Waals surface area contributed by atoms with Crippen molar-refractivity contribution >= 4 is 39.9 Å². The lowest BCUT2D eigenvalue weighted by molar-refractivity contribution is -0.113. The van der Waals surface area contributed by atoms with E-state index in [4.69, 9.17) is 4.98 Å². The van der Waals surface area contributed by atoms with Crippen LogP contribution in [0.4, 0.5) is 11.4 Å². The minimum absolute atomic E-state index is 0.00921. The molecule has 0 bridgehead atoms. The zero-order valence-corrected chi connectivity index (χ0v) is 17.9. The number of piperidine rings is 1. The van der Waals surface area contributed by atoms with Gasteiger partial charge in [0.2, 0.25) is 5.91 Å². The van der Waals surface area contributed by atoms with Crippen LogP contribution in [0, 0.1) is 13.8 Å². The average Bonchev–Trinajstić information content (AvgIpc) is 2.74. The van der Waals surface area contributed by atoms with Gasteiger partial charge in [-0.3, -0.25) is 4.79 Å². The number of rotatable bonds is 5. The number of anilines is 2. The molecule has 1 aromatic heterocycles. The Hall–Kier alpha value is -2.53. The number of benzene rings is 2. The standard InChI is InChI=1S/C24H27N3OS/c1-17-7-6-8-21-18(2)15-23(26-24(17)21)29-16-22(28)25-19-9-11-20(12-10-19)27-13-4-3-5-14-27/h6-12,15H,3-5,13-14,16H2,1-2H3,(H,25,28). The number of carbonyl (C=O) groups excluding carboxylic acids is 1. The molecular formula is C24H27N3OS. The summed E-state index contributed by atoms with van der Waals surface area (Å²) in [7, 11) is 0. The van der Waals surface area contributed by atoms with E-state index >= 15 is 0 Å². The minimum Gasteiger partial charge on any atom is -0.372 e. The molecule has 29 heavy (non-hydrogen) atoms. The Morgan fingerprint density at radius 1 is 1.03 bits per heavy atom. The fraction of sp³-hybridized carbons (Fsp3) is 0.333. The molecule has 5 heteroatoms. The van der Waals surface area contributed by atoms with Crippen molar-refractivity contribution in [1.29, 1.82) is 0 Å². The van der Waals surface area contributed by atoms with Crippen molar-refractivity contribution in [2.24, 2.45) is 0 Å². The number of thioether (sulfide) groups is 1. The molecule has 1 saturated heterocycles. The molecule has 150 valence electrons. The molecule has 0 unspecified atom stereocenters. The first-order chi connectivity index (χ1) is 14.1. The van der Waals surface area contributed by atoms with Crippen molar-refractivity contribution in [3.63, 3.8) is 0 Å². The van der Waals surface area contributed by atoms with Crippen LogP contribution < -0.4 is 10.2 Å². The number of nitrogens with one attached hydrogen (secondary N) is 1. The summed E-state index contributed by atoms with van der Waals surface area (Å²) in [5.41, 5.74) is 5.45. The van der Waals surface area contributed by atoms with Gasteiger partial charge >= 0.3 is 0 Å². The Kier molecular flexibility index (Phi) is 6.05. The first kappa shape index (κ1) is 19.8. The number of aryl methyl sites for hydroxylation is 2. The second-order valence-electron chi connectivity index (χ2n) is 7.68. The summed E-state index contributed by atoms with van der Waals surface area (Å²) < 4.78 is 0. The third kappa shape index (κ3) is 4.73. The van der Waals surface area contributed by atoms with Gasteiger partial charge in [-0.25, -0.2) is 4.98 Å². The van der Waals surface area contributed by atoms with Crippen LogP contribution in [0.5, 0.6) is 0 Å². The van der Waals surface area contributed by atoms with Crippen LogP contribution in [-0.2, 0) is 4.79 Å². The lowest BCUT2D eigenvalue weighted by atomic mass is 10.1. The predicted molar refractivity (Wildman–Crippen MR) is 123 cm³/mol. The molecule has 2 heterocycles. The van der Waals surface area contributed by atoms with Crippen LogP contribution in [0.2, 0.25) is 0 Å². The van der Waals surface area contributed by atoms with Gasteiger partial charge in [-0.15, -0.1) is 0 Å². The van der Waals surface area contributed by atoms with Crippen molar-refractivity contribution in [1.82, 2.24) is 4.98 Å². The number of carbonyl (C=O) groups is 1. The topological polar surface area (TPSA) is 45.2 Å². The maximum Gasteiger partial charge on any atom is 0.234 e. The molecule has 0 radical (unpaired) electrons. The van der Waals surface area contributed by atoms with Gasteiger partial charge in [0.05, 0.1) is 16.3 Å². The number of para-hydroxylation sites is 1. The number of amides is 1. The van der Waals surface area contributed by atoms with E-state index in [2.05, 4.69) is 60.5 Å². The third-order valence-corrected chi connectivity index (χ3v) is 6.36. The Balaban J connectivity index is 1.36. The molecule has 4 rings (SSSR count). The van der Waals surface area contributed by atoms with E-state index in [9.17, 15) is 4.79 Å². The minimum atomic E-state index is -0.00921. The second kappa shape index (κ2) is 8.87. The number of pyridine rings is 1. The Bertz CT molecular complexity index is 1010. The van der Waals surface area contributed by atoms with Gasteiger partial charge in [-0.05, 0) is 74.6 Å².